The largest absolute Gasteiger partial charge is 0.391 e. The molecule has 0 aromatic carbocycles. The van der Waals surface area contributed by atoms with Crippen LogP contribution in [-0.2, 0) is 18.2 Å². The van der Waals surface area contributed by atoms with Crippen LogP contribution >= 0.6 is 0 Å². The molecule has 1 N–H and O–H groups in total. The summed E-state index contributed by atoms with van der Waals surface area (Å²) < 4.78 is 7.39. The van der Waals surface area contributed by atoms with Gasteiger partial charge in [-0.2, -0.15) is 5.10 Å². The number of aliphatic hydroxyl groups excluding tert-OH is 1. The number of aliphatic hydroxyl groups is 1. The Morgan fingerprint density at radius 1 is 1.33 bits per heavy atom. The summed E-state index contributed by atoms with van der Waals surface area (Å²) in [5.74, 6) is 0. The first-order chi connectivity index (χ1) is 10.2. The molecule has 3 rings (SSSR count). The number of aryl methyl sites for hydroxylation is 2. The van der Waals surface area contributed by atoms with Crippen LogP contribution in [0.15, 0.2) is 12.3 Å². The number of ether oxygens (including phenoxy) is 1. The van der Waals surface area contributed by atoms with Crippen molar-refractivity contribution in [2.45, 2.75) is 50.2 Å². The molecule has 0 radical (unpaired) electrons. The van der Waals surface area contributed by atoms with E-state index < -0.39 is 0 Å². The summed E-state index contributed by atoms with van der Waals surface area (Å²) in [6, 6.07) is 2.04. The topological polar surface area (TPSA) is 50.5 Å². The molecule has 2 heterocycles. The van der Waals surface area contributed by atoms with E-state index in [1.54, 1.807) is 0 Å². The van der Waals surface area contributed by atoms with E-state index in [9.17, 15) is 5.11 Å². The van der Waals surface area contributed by atoms with Crippen molar-refractivity contribution < 1.29 is 9.84 Å². The van der Waals surface area contributed by atoms with E-state index in [0.717, 1.165) is 52.0 Å². The lowest BCUT2D eigenvalue weighted by molar-refractivity contribution is -0.0778. The molecule has 1 aromatic rings. The van der Waals surface area contributed by atoms with Crippen LogP contribution in [0.5, 0.6) is 0 Å². The predicted molar refractivity (Wildman–Crippen MR) is 81.1 cm³/mol. The van der Waals surface area contributed by atoms with Gasteiger partial charge in [0.25, 0.3) is 0 Å². The summed E-state index contributed by atoms with van der Waals surface area (Å²) in [6.07, 6.45) is 8.00. The van der Waals surface area contributed by atoms with Gasteiger partial charge in [0.1, 0.15) is 0 Å². The molecule has 2 aliphatic rings. The molecule has 1 aliphatic carbocycles. The predicted octanol–water partition coefficient (Wildman–Crippen LogP) is 1.36. The Kier molecular flexibility index (Phi) is 4.62. The van der Waals surface area contributed by atoms with Crippen LogP contribution in [0.4, 0.5) is 0 Å². The van der Waals surface area contributed by atoms with Crippen LogP contribution in [0, 0.1) is 0 Å². The van der Waals surface area contributed by atoms with Gasteiger partial charge in [0.2, 0.25) is 0 Å². The molecule has 1 atom stereocenters. The molecule has 0 bridgehead atoms. The molecule has 1 aromatic heterocycles. The molecule has 1 aliphatic heterocycles. The fourth-order valence-corrected chi connectivity index (χ4v) is 4.06. The summed E-state index contributed by atoms with van der Waals surface area (Å²) in [5, 5.41) is 15.1. The van der Waals surface area contributed by atoms with Gasteiger partial charge in [0.05, 0.1) is 19.3 Å². The highest BCUT2D eigenvalue weighted by molar-refractivity contribution is 5.05. The van der Waals surface area contributed by atoms with Crippen LogP contribution in [0.3, 0.4) is 0 Å². The van der Waals surface area contributed by atoms with Crippen molar-refractivity contribution in [1.82, 2.24) is 14.7 Å². The van der Waals surface area contributed by atoms with Crippen LogP contribution < -0.4 is 0 Å². The van der Waals surface area contributed by atoms with Crippen LogP contribution in [-0.4, -0.2) is 57.7 Å². The Bertz CT molecular complexity index is 448. The van der Waals surface area contributed by atoms with Gasteiger partial charge in [0.15, 0.2) is 0 Å². The van der Waals surface area contributed by atoms with Crippen LogP contribution in [0.1, 0.15) is 37.8 Å². The normalized spacial score (nSPS) is 24.3. The minimum atomic E-state index is -0.256. The quantitative estimate of drug-likeness (QED) is 0.890. The third kappa shape index (κ3) is 3.00. The maximum atomic E-state index is 10.9. The van der Waals surface area contributed by atoms with E-state index in [1.807, 2.05) is 24.0 Å². The van der Waals surface area contributed by atoms with Gasteiger partial charge in [-0.1, -0.05) is 12.8 Å². The summed E-state index contributed by atoms with van der Waals surface area (Å²) in [4.78, 5) is 2.50. The first kappa shape index (κ1) is 15.0. The Balaban J connectivity index is 1.66. The van der Waals surface area contributed by atoms with Gasteiger partial charge in [-0.15, -0.1) is 0 Å². The second-order valence-electron chi connectivity index (χ2n) is 6.41. The van der Waals surface area contributed by atoms with Gasteiger partial charge >= 0.3 is 0 Å². The van der Waals surface area contributed by atoms with Gasteiger partial charge < -0.3 is 9.84 Å². The summed E-state index contributed by atoms with van der Waals surface area (Å²) >= 11 is 0. The number of hydrogen-bond acceptors (Lipinski definition) is 4. The molecule has 5 nitrogen and oxygen atoms in total. The lowest BCUT2D eigenvalue weighted by atomic mass is 9.85. The summed E-state index contributed by atoms with van der Waals surface area (Å²) in [7, 11) is 1.97. The van der Waals surface area contributed by atoms with E-state index in [4.69, 9.17) is 4.74 Å². The van der Waals surface area contributed by atoms with Crippen molar-refractivity contribution in [3.8, 4) is 0 Å². The maximum absolute atomic E-state index is 10.9. The van der Waals surface area contributed by atoms with Gasteiger partial charge in [-0.3, -0.25) is 9.58 Å². The van der Waals surface area contributed by atoms with Gasteiger partial charge in [-0.05, 0) is 31.7 Å². The van der Waals surface area contributed by atoms with Crippen molar-refractivity contribution in [3.05, 3.63) is 18.0 Å². The lowest BCUT2D eigenvalue weighted by Gasteiger charge is -2.46. The molecule has 2 fully saturated rings. The molecule has 21 heavy (non-hydrogen) atoms. The molecule has 1 saturated heterocycles. The second kappa shape index (κ2) is 6.46. The highest BCUT2D eigenvalue weighted by Crippen LogP contribution is 2.40. The third-order valence-corrected chi connectivity index (χ3v) is 5.33. The minimum Gasteiger partial charge on any atom is -0.391 e. The molecule has 0 spiro atoms. The number of aromatic nitrogens is 2. The van der Waals surface area contributed by atoms with Crippen LogP contribution in [0.2, 0.25) is 0 Å². The zero-order valence-corrected chi connectivity index (χ0v) is 13.0. The zero-order valence-electron chi connectivity index (χ0n) is 13.0. The molecule has 0 amide bonds. The Morgan fingerprint density at radius 3 is 2.67 bits per heavy atom. The molecule has 1 saturated carbocycles. The number of nitrogens with zero attached hydrogens (tertiary/aromatic N) is 3. The molecule has 1 unspecified atom stereocenters. The third-order valence-electron chi connectivity index (χ3n) is 5.33. The first-order valence-electron chi connectivity index (χ1n) is 8.20. The molecule has 5 heteroatoms. The molecule has 118 valence electrons. The zero-order chi connectivity index (χ0) is 14.7. The monoisotopic (exact) mass is 293 g/mol. The van der Waals surface area contributed by atoms with Crippen molar-refractivity contribution in [2.75, 3.05) is 26.3 Å². The van der Waals surface area contributed by atoms with Gasteiger partial charge in [0, 0.05) is 37.6 Å². The summed E-state index contributed by atoms with van der Waals surface area (Å²) in [6.45, 7) is 3.53. The lowest BCUT2D eigenvalue weighted by Crippen LogP contribution is -2.58. The SMILES string of the molecule is Cn1nccc1CCC(O)C1(N2CCOCC2)CCCC1. The standard InChI is InChI=1S/C16H27N3O2/c1-18-14(6-9-17-18)4-5-15(20)16(7-2-3-8-16)19-10-12-21-13-11-19/h6,9,15,20H,2-5,7-8,10-13H2,1H3. The molecular formula is C16H27N3O2. The van der Waals surface area contributed by atoms with E-state index in [2.05, 4.69) is 10.00 Å². The van der Waals surface area contributed by atoms with Crippen molar-refractivity contribution in [1.29, 1.82) is 0 Å². The van der Waals surface area contributed by atoms with Crippen molar-refractivity contribution in [2.24, 2.45) is 7.05 Å². The van der Waals surface area contributed by atoms with E-state index >= 15 is 0 Å². The minimum absolute atomic E-state index is 0.0115. The second-order valence-corrected chi connectivity index (χ2v) is 6.41. The Morgan fingerprint density at radius 2 is 2.05 bits per heavy atom. The number of morpholine rings is 1. The smallest absolute Gasteiger partial charge is 0.0727 e. The van der Waals surface area contributed by atoms with E-state index in [0.29, 0.717) is 0 Å². The van der Waals surface area contributed by atoms with Crippen molar-refractivity contribution >= 4 is 0 Å². The maximum Gasteiger partial charge on any atom is 0.0727 e. The van der Waals surface area contributed by atoms with Gasteiger partial charge in [-0.25, -0.2) is 0 Å². The number of hydrogen-bond donors (Lipinski definition) is 1. The fourth-order valence-electron chi connectivity index (χ4n) is 4.06. The van der Waals surface area contributed by atoms with E-state index in [1.165, 1.54) is 18.5 Å². The Labute approximate surface area is 126 Å². The van der Waals surface area contributed by atoms with Crippen molar-refractivity contribution in [3.63, 3.8) is 0 Å². The van der Waals surface area contributed by atoms with Crippen LogP contribution in [0.25, 0.3) is 0 Å². The molecular weight excluding hydrogens is 266 g/mol. The Hall–Kier alpha value is -0.910. The summed E-state index contributed by atoms with van der Waals surface area (Å²) in [5.41, 5.74) is 1.19. The fraction of sp³-hybridized carbons (Fsp3) is 0.812. The highest BCUT2D eigenvalue weighted by atomic mass is 16.5. The average Bonchev–Trinajstić information content (AvgIpc) is 3.16. The number of rotatable bonds is 5. The highest BCUT2D eigenvalue weighted by Gasteiger charge is 2.45. The average molecular weight is 293 g/mol. The van der Waals surface area contributed by atoms with E-state index in [-0.39, 0.29) is 11.6 Å². The first-order valence-corrected chi connectivity index (χ1v) is 8.20.